The third-order valence-electron chi connectivity index (χ3n) is 6.79. The van der Waals surface area contributed by atoms with Crippen molar-refractivity contribution < 1.29 is 14.2 Å². The maximum Gasteiger partial charge on any atom is 0.155 e. The van der Waals surface area contributed by atoms with Crippen molar-refractivity contribution in [3.63, 3.8) is 0 Å². The number of nitriles is 1. The molecule has 0 bridgehead atoms. The van der Waals surface area contributed by atoms with Gasteiger partial charge in [0.15, 0.2) is 5.75 Å². The summed E-state index contributed by atoms with van der Waals surface area (Å²) in [6.45, 7) is 5.48. The topological polar surface area (TPSA) is 80.2 Å². The first-order chi connectivity index (χ1) is 17.0. The number of pyridine rings is 1. The van der Waals surface area contributed by atoms with Crippen molar-refractivity contribution in [1.82, 2.24) is 9.97 Å². The van der Waals surface area contributed by atoms with Crippen LogP contribution in [0, 0.1) is 11.3 Å². The van der Waals surface area contributed by atoms with Gasteiger partial charge in [-0.3, -0.25) is 4.98 Å². The van der Waals surface area contributed by atoms with Gasteiger partial charge in [0.25, 0.3) is 0 Å². The number of nitrogens with zero attached hydrogens (tertiary/aromatic N) is 2. The Balaban J connectivity index is 1.47. The number of benzene rings is 2. The van der Waals surface area contributed by atoms with Gasteiger partial charge in [-0.1, -0.05) is 36.4 Å². The largest absolute Gasteiger partial charge is 0.487 e. The number of methoxy groups -OCH3 is 1. The first kappa shape index (κ1) is 23.1. The van der Waals surface area contributed by atoms with Crippen molar-refractivity contribution >= 4 is 10.9 Å². The van der Waals surface area contributed by atoms with E-state index in [0.717, 1.165) is 51.8 Å². The van der Waals surface area contributed by atoms with Gasteiger partial charge in [-0.2, -0.15) is 5.26 Å². The maximum absolute atomic E-state index is 9.79. The monoisotopic (exact) mass is 467 g/mol. The SMILES string of the molecule is COC(C)(C)c1ccc(-c2cc3c(-c4cc(C#N)c(OC5CCOCC5)cn4)cccc3[nH]2)cc1. The molecule has 0 spiro atoms. The van der Waals surface area contributed by atoms with Gasteiger partial charge in [-0.25, -0.2) is 0 Å². The summed E-state index contributed by atoms with van der Waals surface area (Å²) in [7, 11) is 1.72. The van der Waals surface area contributed by atoms with Crippen LogP contribution in [0.15, 0.2) is 60.8 Å². The van der Waals surface area contributed by atoms with Gasteiger partial charge >= 0.3 is 0 Å². The van der Waals surface area contributed by atoms with Crippen molar-refractivity contribution in [3.05, 3.63) is 71.9 Å². The number of hydrogen-bond acceptors (Lipinski definition) is 5. The van der Waals surface area contributed by atoms with Crippen molar-refractivity contribution in [3.8, 4) is 34.3 Å². The van der Waals surface area contributed by atoms with Crippen molar-refractivity contribution in [2.45, 2.75) is 38.4 Å². The zero-order chi connectivity index (χ0) is 24.4. The predicted molar refractivity (Wildman–Crippen MR) is 136 cm³/mol. The number of aromatic amines is 1. The van der Waals surface area contributed by atoms with Gasteiger partial charge in [0.05, 0.1) is 36.3 Å². The Morgan fingerprint density at radius 3 is 2.57 bits per heavy atom. The van der Waals surface area contributed by atoms with E-state index in [1.165, 1.54) is 0 Å². The molecule has 2 aromatic carbocycles. The van der Waals surface area contributed by atoms with Crippen LogP contribution in [0.25, 0.3) is 33.4 Å². The molecule has 2 aromatic heterocycles. The van der Waals surface area contributed by atoms with Crippen LogP contribution in [0.4, 0.5) is 0 Å². The molecule has 3 heterocycles. The predicted octanol–water partition coefficient (Wildman–Crippen LogP) is 6.21. The molecule has 0 amide bonds. The third kappa shape index (κ3) is 4.66. The fraction of sp³-hybridized carbons (Fsp3) is 0.310. The highest BCUT2D eigenvalue weighted by Crippen LogP contribution is 2.34. The van der Waals surface area contributed by atoms with Crippen LogP contribution in [0.5, 0.6) is 5.75 Å². The molecule has 6 nitrogen and oxygen atoms in total. The van der Waals surface area contributed by atoms with Crippen molar-refractivity contribution in [1.29, 1.82) is 5.26 Å². The summed E-state index contributed by atoms with van der Waals surface area (Å²) in [6.07, 6.45) is 3.37. The second-order valence-corrected chi connectivity index (χ2v) is 9.35. The van der Waals surface area contributed by atoms with E-state index in [2.05, 4.69) is 66.3 Å². The van der Waals surface area contributed by atoms with Crippen molar-refractivity contribution in [2.75, 3.05) is 20.3 Å². The molecule has 6 heteroatoms. The Kier molecular flexibility index (Phi) is 6.29. The number of rotatable bonds is 6. The Hall–Kier alpha value is -3.66. The fourth-order valence-corrected chi connectivity index (χ4v) is 4.45. The van der Waals surface area contributed by atoms with E-state index in [9.17, 15) is 5.26 Å². The first-order valence-electron chi connectivity index (χ1n) is 11.9. The van der Waals surface area contributed by atoms with E-state index in [1.807, 2.05) is 18.2 Å². The summed E-state index contributed by atoms with van der Waals surface area (Å²) in [5, 5.41) is 10.8. The van der Waals surface area contributed by atoms with E-state index in [0.29, 0.717) is 24.5 Å². The van der Waals surface area contributed by atoms with Crippen LogP contribution in [0.3, 0.4) is 0 Å². The molecule has 178 valence electrons. The second kappa shape index (κ2) is 9.53. The lowest BCUT2D eigenvalue weighted by atomic mass is 9.96. The molecule has 1 aliphatic rings. The highest BCUT2D eigenvalue weighted by molar-refractivity contribution is 5.97. The standard InChI is InChI=1S/C29H29N3O3/c1-29(2,33-3)21-9-7-19(8-10-21)26-16-24-23(5-4-6-25(24)32-26)27-15-20(17-30)28(18-31-27)35-22-11-13-34-14-12-22/h4-10,15-16,18,22,32H,11-14H2,1-3H3. The van der Waals surface area contributed by atoms with Crippen LogP contribution in [-0.4, -0.2) is 36.4 Å². The molecule has 0 aliphatic carbocycles. The molecule has 0 atom stereocenters. The molecule has 4 aromatic rings. The van der Waals surface area contributed by atoms with Crippen LogP contribution in [0.2, 0.25) is 0 Å². The summed E-state index contributed by atoms with van der Waals surface area (Å²) in [5.74, 6) is 0.532. The third-order valence-corrected chi connectivity index (χ3v) is 6.79. The van der Waals surface area contributed by atoms with Crippen molar-refractivity contribution in [2.24, 2.45) is 0 Å². The molecule has 1 N–H and O–H groups in total. The molecule has 1 fully saturated rings. The molecule has 5 rings (SSSR count). The highest BCUT2D eigenvalue weighted by Gasteiger charge is 2.20. The summed E-state index contributed by atoms with van der Waals surface area (Å²) >= 11 is 0. The summed E-state index contributed by atoms with van der Waals surface area (Å²) in [4.78, 5) is 8.20. The summed E-state index contributed by atoms with van der Waals surface area (Å²) < 4.78 is 17.1. The normalized spacial score (nSPS) is 14.7. The smallest absolute Gasteiger partial charge is 0.155 e. The number of ether oxygens (including phenoxy) is 3. The average molecular weight is 468 g/mol. The van der Waals surface area contributed by atoms with Crippen LogP contribution >= 0.6 is 0 Å². The van der Waals surface area contributed by atoms with Gasteiger partial charge in [0.2, 0.25) is 0 Å². The summed E-state index contributed by atoms with van der Waals surface area (Å²) in [6, 6.07) is 20.7. The Morgan fingerprint density at radius 1 is 1.09 bits per heavy atom. The average Bonchev–Trinajstić information content (AvgIpc) is 3.34. The minimum Gasteiger partial charge on any atom is -0.487 e. The lowest BCUT2D eigenvalue weighted by Crippen LogP contribution is -2.26. The molecular weight excluding hydrogens is 438 g/mol. The van der Waals surface area contributed by atoms with Crippen LogP contribution in [0.1, 0.15) is 37.8 Å². The van der Waals surface area contributed by atoms with E-state index in [1.54, 1.807) is 13.3 Å². The Labute approximate surface area is 205 Å². The minimum absolute atomic E-state index is 0.0556. The highest BCUT2D eigenvalue weighted by atomic mass is 16.5. The molecule has 1 aliphatic heterocycles. The van der Waals surface area contributed by atoms with E-state index < -0.39 is 0 Å². The minimum atomic E-state index is -0.336. The van der Waals surface area contributed by atoms with Gasteiger partial charge in [0, 0.05) is 42.1 Å². The number of nitrogens with one attached hydrogen (secondary N) is 1. The number of aromatic nitrogens is 2. The molecule has 0 saturated carbocycles. The number of H-pyrrole nitrogens is 1. The van der Waals surface area contributed by atoms with Gasteiger partial charge in [-0.05, 0) is 43.2 Å². The van der Waals surface area contributed by atoms with Gasteiger partial charge in [-0.15, -0.1) is 0 Å². The van der Waals surface area contributed by atoms with E-state index in [-0.39, 0.29) is 11.7 Å². The fourth-order valence-electron chi connectivity index (χ4n) is 4.45. The maximum atomic E-state index is 9.79. The first-order valence-corrected chi connectivity index (χ1v) is 11.9. The number of fused-ring (bicyclic) bond motifs is 1. The lowest BCUT2D eigenvalue weighted by Gasteiger charge is -2.23. The number of hydrogen-bond donors (Lipinski definition) is 1. The summed E-state index contributed by atoms with van der Waals surface area (Å²) in [5.41, 5.74) is 6.12. The molecule has 0 unspecified atom stereocenters. The van der Waals surface area contributed by atoms with Gasteiger partial charge < -0.3 is 19.2 Å². The Bertz CT molecular complexity index is 1380. The quantitative estimate of drug-likeness (QED) is 0.365. The van der Waals surface area contributed by atoms with Gasteiger partial charge in [0.1, 0.15) is 12.2 Å². The molecule has 35 heavy (non-hydrogen) atoms. The zero-order valence-corrected chi connectivity index (χ0v) is 20.3. The van der Waals surface area contributed by atoms with Crippen LogP contribution < -0.4 is 4.74 Å². The molecular formula is C29H29N3O3. The van der Waals surface area contributed by atoms with E-state index >= 15 is 0 Å². The second-order valence-electron chi connectivity index (χ2n) is 9.35. The Morgan fingerprint density at radius 2 is 1.86 bits per heavy atom. The van der Waals surface area contributed by atoms with E-state index in [4.69, 9.17) is 14.2 Å². The van der Waals surface area contributed by atoms with Crippen LogP contribution in [-0.2, 0) is 15.1 Å². The lowest BCUT2D eigenvalue weighted by molar-refractivity contribution is 0.0192. The zero-order valence-electron chi connectivity index (χ0n) is 20.3. The molecule has 0 radical (unpaired) electrons. The molecule has 1 saturated heterocycles.